The van der Waals surface area contributed by atoms with Crippen LogP contribution in [0.3, 0.4) is 0 Å². The first-order chi connectivity index (χ1) is 11.7. The molecule has 0 saturated carbocycles. The van der Waals surface area contributed by atoms with Crippen molar-refractivity contribution in [2.75, 3.05) is 0 Å². The fourth-order valence-electron chi connectivity index (χ4n) is 2.95. The highest BCUT2D eigenvalue weighted by Crippen LogP contribution is 2.47. The van der Waals surface area contributed by atoms with Crippen molar-refractivity contribution in [2.24, 2.45) is 4.99 Å². The van der Waals surface area contributed by atoms with E-state index in [1.807, 2.05) is 0 Å². The molecule has 0 unspecified atom stereocenters. The van der Waals surface area contributed by atoms with Crippen LogP contribution in [0.25, 0.3) is 5.65 Å². The Hall–Kier alpha value is -2.22. The number of rotatable bonds is 1. The fraction of sp³-hybridized carbons (Fsp3) is 0.235. The van der Waals surface area contributed by atoms with Crippen LogP contribution in [-0.2, 0) is 5.92 Å². The summed E-state index contributed by atoms with van der Waals surface area (Å²) in [6, 6.07) is 5.58. The van der Waals surface area contributed by atoms with Gasteiger partial charge in [-0.15, -0.1) is 0 Å². The fourth-order valence-corrected chi connectivity index (χ4v) is 3.33. The summed E-state index contributed by atoms with van der Waals surface area (Å²) in [5.74, 6) is -4.37. The van der Waals surface area contributed by atoms with Crippen molar-refractivity contribution in [3.05, 3.63) is 63.8 Å². The van der Waals surface area contributed by atoms with E-state index in [0.29, 0.717) is 15.8 Å². The second-order valence-electron chi connectivity index (χ2n) is 6.35. The van der Waals surface area contributed by atoms with Gasteiger partial charge in [-0.2, -0.15) is 13.9 Å². The molecule has 4 rings (SSSR count). The van der Waals surface area contributed by atoms with Gasteiger partial charge in [-0.25, -0.2) is 13.9 Å². The molecule has 4 nitrogen and oxygen atoms in total. The smallest absolute Gasteiger partial charge is 0.271 e. The maximum atomic E-state index is 14.8. The van der Waals surface area contributed by atoms with Crippen LogP contribution < -0.4 is 0 Å². The van der Waals surface area contributed by atoms with E-state index in [4.69, 9.17) is 0 Å². The van der Waals surface area contributed by atoms with Crippen molar-refractivity contribution in [1.82, 2.24) is 14.6 Å². The molecule has 0 bridgehead atoms. The van der Waals surface area contributed by atoms with Gasteiger partial charge in [-0.05, 0) is 41.9 Å². The van der Waals surface area contributed by atoms with Crippen molar-refractivity contribution < 1.29 is 13.2 Å². The van der Waals surface area contributed by atoms with Crippen molar-refractivity contribution in [3.63, 3.8) is 0 Å². The molecule has 3 aromatic rings. The van der Waals surface area contributed by atoms with Gasteiger partial charge < -0.3 is 0 Å². The summed E-state index contributed by atoms with van der Waals surface area (Å²) in [4.78, 5) is 8.43. The first-order valence-corrected chi connectivity index (χ1v) is 8.28. The molecule has 0 fully saturated rings. The molecule has 0 radical (unpaired) electrons. The molecular formula is C17H12BrF3N4. The summed E-state index contributed by atoms with van der Waals surface area (Å²) >= 11 is 3.31. The maximum absolute atomic E-state index is 14.8. The number of imidazole rings is 1. The Kier molecular flexibility index (Phi) is 3.34. The van der Waals surface area contributed by atoms with Gasteiger partial charge in [0.25, 0.3) is 0 Å². The topological polar surface area (TPSA) is 42.5 Å². The molecule has 0 amide bonds. The molecule has 128 valence electrons. The zero-order chi connectivity index (χ0) is 18.0. The van der Waals surface area contributed by atoms with Gasteiger partial charge in [0.15, 0.2) is 5.65 Å². The van der Waals surface area contributed by atoms with E-state index in [0.717, 1.165) is 6.07 Å². The van der Waals surface area contributed by atoms with Crippen LogP contribution in [0.2, 0.25) is 0 Å². The predicted octanol–water partition coefficient (Wildman–Crippen LogP) is 4.35. The van der Waals surface area contributed by atoms with Crippen LogP contribution >= 0.6 is 15.9 Å². The number of alkyl halides is 2. The number of halogens is 4. The largest absolute Gasteiger partial charge is 0.300 e. The average Bonchev–Trinajstić information content (AvgIpc) is 2.92. The molecular weight excluding hydrogens is 397 g/mol. The summed E-state index contributed by atoms with van der Waals surface area (Å²) < 4.78 is 46.1. The molecule has 1 aliphatic heterocycles. The molecule has 0 saturated heterocycles. The highest BCUT2D eigenvalue weighted by Gasteiger charge is 2.54. The third kappa shape index (κ3) is 2.23. The Balaban J connectivity index is 2.00. The lowest BCUT2D eigenvalue weighted by molar-refractivity contribution is -0.0710. The minimum absolute atomic E-state index is 0.0705. The maximum Gasteiger partial charge on any atom is 0.300 e. The number of nitrogens with zero attached hydrogens (tertiary/aromatic N) is 4. The van der Waals surface area contributed by atoms with Crippen LogP contribution in [0.5, 0.6) is 0 Å². The molecule has 0 N–H and O–H groups in total. The normalized spacial score (nSPS) is 18.1. The minimum atomic E-state index is -3.43. The SMILES string of the molecule is CC1(C)N=C(c2cnn3c(Br)cnc3c2)c2cccc(F)c2C1(F)F. The first-order valence-electron chi connectivity index (χ1n) is 7.49. The summed E-state index contributed by atoms with van der Waals surface area (Å²) in [6.07, 6.45) is 3.09. The average molecular weight is 409 g/mol. The Morgan fingerprint density at radius 2 is 1.92 bits per heavy atom. The highest BCUT2D eigenvalue weighted by atomic mass is 79.9. The molecule has 0 atom stereocenters. The standard InChI is InChI=1S/C17H12BrF3N4/c1-16(2)17(20,21)14-10(4-3-5-11(14)19)15(24-16)9-6-13-22-8-12(18)25(13)23-7-9/h3-8H,1-2H3. The Morgan fingerprint density at radius 3 is 2.68 bits per heavy atom. The Labute approximate surface area is 149 Å². The van der Waals surface area contributed by atoms with Crippen molar-refractivity contribution in [2.45, 2.75) is 25.3 Å². The van der Waals surface area contributed by atoms with E-state index in [-0.39, 0.29) is 11.3 Å². The number of benzene rings is 1. The molecule has 25 heavy (non-hydrogen) atoms. The summed E-state index contributed by atoms with van der Waals surface area (Å²) in [7, 11) is 0. The molecule has 1 aromatic carbocycles. The van der Waals surface area contributed by atoms with E-state index in [2.05, 4.69) is 31.0 Å². The summed E-state index contributed by atoms with van der Waals surface area (Å²) in [5.41, 5.74) is -1.05. The van der Waals surface area contributed by atoms with Crippen LogP contribution in [0.4, 0.5) is 13.2 Å². The van der Waals surface area contributed by atoms with Gasteiger partial charge in [0, 0.05) is 11.1 Å². The minimum Gasteiger partial charge on any atom is -0.271 e. The third-order valence-electron chi connectivity index (χ3n) is 4.34. The number of aliphatic imine (C=N–C) groups is 1. The lowest BCUT2D eigenvalue weighted by Gasteiger charge is -2.37. The van der Waals surface area contributed by atoms with Gasteiger partial charge in [0.1, 0.15) is 16.0 Å². The highest BCUT2D eigenvalue weighted by molar-refractivity contribution is 9.10. The van der Waals surface area contributed by atoms with Crippen molar-refractivity contribution in [1.29, 1.82) is 0 Å². The first kappa shape index (κ1) is 16.3. The van der Waals surface area contributed by atoms with Gasteiger partial charge in [-0.1, -0.05) is 12.1 Å². The van der Waals surface area contributed by atoms with Gasteiger partial charge in [0.05, 0.1) is 23.7 Å². The van der Waals surface area contributed by atoms with E-state index in [1.54, 1.807) is 16.8 Å². The monoisotopic (exact) mass is 408 g/mol. The van der Waals surface area contributed by atoms with E-state index < -0.39 is 22.8 Å². The van der Waals surface area contributed by atoms with Crippen LogP contribution in [-0.4, -0.2) is 25.8 Å². The van der Waals surface area contributed by atoms with E-state index >= 15 is 0 Å². The lowest BCUT2D eigenvalue weighted by atomic mass is 9.81. The molecule has 0 aliphatic carbocycles. The van der Waals surface area contributed by atoms with Crippen molar-refractivity contribution >= 4 is 27.3 Å². The summed E-state index contributed by atoms with van der Waals surface area (Å²) in [6.45, 7) is 2.58. The number of aromatic nitrogens is 3. The molecule has 0 spiro atoms. The van der Waals surface area contributed by atoms with Gasteiger partial charge >= 0.3 is 5.92 Å². The molecule has 3 heterocycles. The molecule has 1 aliphatic rings. The van der Waals surface area contributed by atoms with Crippen LogP contribution in [0.15, 0.2) is 46.3 Å². The molecule has 8 heteroatoms. The summed E-state index contributed by atoms with van der Waals surface area (Å²) in [5, 5.41) is 4.24. The number of hydrogen-bond acceptors (Lipinski definition) is 3. The Morgan fingerprint density at radius 1 is 1.16 bits per heavy atom. The number of hydrogen-bond donors (Lipinski definition) is 0. The van der Waals surface area contributed by atoms with Gasteiger partial charge in [-0.3, -0.25) is 4.99 Å². The van der Waals surface area contributed by atoms with Crippen LogP contribution in [0, 0.1) is 5.82 Å². The van der Waals surface area contributed by atoms with Crippen LogP contribution in [0.1, 0.15) is 30.5 Å². The van der Waals surface area contributed by atoms with Crippen molar-refractivity contribution in [3.8, 4) is 0 Å². The zero-order valence-electron chi connectivity index (χ0n) is 13.3. The van der Waals surface area contributed by atoms with E-state index in [1.165, 1.54) is 32.2 Å². The van der Waals surface area contributed by atoms with Gasteiger partial charge in [0.2, 0.25) is 0 Å². The predicted molar refractivity (Wildman–Crippen MR) is 90.7 cm³/mol. The van der Waals surface area contributed by atoms with E-state index in [9.17, 15) is 13.2 Å². The zero-order valence-corrected chi connectivity index (χ0v) is 14.9. The number of fused-ring (bicyclic) bond motifs is 2. The molecule has 2 aromatic heterocycles. The second kappa shape index (κ2) is 5.14. The third-order valence-corrected chi connectivity index (χ3v) is 4.88. The Bertz CT molecular complexity index is 1040. The lowest BCUT2D eigenvalue weighted by Crippen LogP contribution is -2.44. The quantitative estimate of drug-likeness (QED) is 0.600. The second-order valence-corrected chi connectivity index (χ2v) is 7.16.